The van der Waals surface area contributed by atoms with E-state index in [4.69, 9.17) is 4.42 Å². The molecule has 23 heavy (non-hydrogen) atoms. The Morgan fingerprint density at radius 3 is 2.74 bits per heavy atom. The number of likely N-dealkylation sites (tertiary alicyclic amines) is 1. The molecule has 2 heterocycles. The average molecular weight is 320 g/mol. The lowest BCUT2D eigenvalue weighted by Crippen LogP contribution is -2.54. The van der Waals surface area contributed by atoms with E-state index in [1.165, 1.54) is 6.26 Å². The van der Waals surface area contributed by atoms with Crippen molar-refractivity contribution in [1.29, 1.82) is 0 Å². The number of amides is 2. The molecule has 0 radical (unpaired) electrons. The fraction of sp³-hybridized carbons (Fsp3) is 0.562. The Morgan fingerprint density at radius 2 is 2.13 bits per heavy atom. The summed E-state index contributed by atoms with van der Waals surface area (Å²) in [6, 6.07) is 3.52. The highest BCUT2D eigenvalue weighted by Crippen LogP contribution is 2.31. The summed E-state index contributed by atoms with van der Waals surface area (Å²) in [5.74, 6) is -1.28. The largest absolute Gasteiger partial charge is 0.480 e. The zero-order valence-corrected chi connectivity index (χ0v) is 12.8. The quantitative estimate of drug-likeness (QED) is 0.847. The Bertz CT molecular complexity index is 604. The van der Waals surface area contributed by atoms with Crippen molar-refractivity contribution in [3.63, 3.8) is 0 Å². The number of nitrogens with zero attached hydrogens (tertiary/aromatic N) is 1. The van der Waals surface area contributed by atoms with E-state index in [9.17, 15) is 19.5 Å². The van der Waals surface area contributed by atoms with Gasteiger partial charge in [-0.1, -0.05) is 12.8 Å². The third-order valence-electron chi connectivity index (χ3n) is 4.74. The molecular formula is C16H20N2O5. The van der Waals surface area contributed by atoms with Crippen LogP contribution in [0.1, 0.15) is 37.9 Å². The molecule has 2 aliphatic rings. The number of rotatable bonds is 5. The minimum atomic E-state index is -1.16. The number of hydrogen-bond donors (Lipinski definition) is 2. The fourth-order valence-corrected chi connectivity index (χ4v) is 3.40. The molecule has 2 amide bonds. The minimum Gasteiger partial charge on any atom is -0.480 e. The average Bonchev–Trinajstić information content (AvgIpc) is 3.22. The van der Waals surface area contributed by atoms with Gasteiger partial charge in [-0.3, -0.25) is 9.59 Å². The van der Waals surface area contributed by atoms with E-state index in [2.05, 4.69) is 5.32 Å². The van der Waals surface area contributed by atoms with Gasteiger partial charge in [0.1, 0.15) is 11.3 Å². The van der Waals surface area contributed by atoms with Gasteiger partial charge >= 0.3 is 5.97 Å². The molecule has 0 bridgehead atoms. The van der Waals surface area contributed by atoms with E-state index >= 15 is 0 Å². The predicted molar refractivity (Wildman–Crippen MR) is 79.2 cm³/mol. The lowest BCUT2D eigenvalue weighted by Gasteiger charge is -2.26. The van der Waals surface area contributed by atoms with Crippen LogP contribution in [0.5, 0.6) is 0 Å². The molecule has 1 aliphatic carbocycles. The molecule has 7 heteroatoms. The molecular weight excluding hydrogens is 300 g/mol. The van der Waals surface area contributed by atoms with E-state index in [-0.39, 0.29) is 18.2 Å². The molecule has 1 saturated heterocycles. The summed E-state index contributed by atoms with van der Waals surface area (Å²) in [5, 5.41) is 12.1. The minimum absolute atomic E-state index is 0.113. The maximum absolute atomic E-state index is 12.4. The number of carboxylic acid groups (broad SMARTS) is 1. The highest BCUT2D eigenvalue weighted by atomic mass is 16.4. The number of nitrogens with one attached hydrogen (secondary N) is 1. The SMILES string of the molecule is O=C(NC1(C(=O)O)CCCC1)C1CC(=O)N(Cc2ccco2)C1. The number of carbonyl (C=O) groups excluding carboxylic acids is 2. The molecule has 0 aromatic carbocycles. The van der Waals surface area contributed by atoms with Crippen LogP contribution >= 0.6 is 0 Å². The molecule has 2 N–H and O–H groups in total. The van der Waals surface area contributed by atoms with E-state index in [1.54, 1.807) is 17.0 Å². The van der Waals surface area contributed by atoms with Crippen molar-refractivity contribution in [3.05, 3.63) is 24.2 Å². The maximum Gasteiger partial charge on any atom is 0.329 e. The molecule has 0 spiro atoms. The predicted octanol–water partition coefficient (Wildman–Crippen LogP) is 1.14. The first-order valence-corrected chi connectivity index (χ1v) is 7.86. The van der Waals surface area contributed by atoms with Gasteiger partial charge in [0.25, 0.3) is 0 Å². The van der Waals surface area contributed by atoms with E-state index in [0.717, 1.165) is 12.8 Å². The van der Waals surface area contributed by atoms with Crippen molar-refractivity contribution in [2.24, 2.45) is 5.92 Å². The Balaban J connectivity index is 1.62. The van der Waals surface area contributed by atoms with Crippen molar-refractivity contribution >= 4 is 17.8 Å². The lowest BCUT2D eigenvalue weighted by atomic mass is 9.96. The van der Waals surface area contributed by atoms with Gasteiger partial charge in [-0.15, -0.1) is 0 Å². The third-order valence-corrected chi connectivity index (χ3v) is 4.74. The highest BCUT2D eigenvalue weighted by Gasteiger charge is 2.45. The van der Waals surface area contributed by atoms with Crippen molar-refractivity contribution in [1.82, 2.24) is 10.2 Å². The van der Waals surface area contributed by atoms with Crippen LogP contribution in [0.25, 0.3) is 0 Å². The summed E-state index contributed by atoms with van der Waals surface area (Å²) in [7, 11) is 0. The van der Waals surface area contributed by atoms with Gasteiger partial charge < -0.3 is 19.7 Å². The van der Waals surface area contributed by atoms with Crippen LogP contribution < -0.4 is 5.32 Å². The third kappa shape index (κ3) is 3.09. The summed E-state index contributed by atoms with van der Waals surface area (Å²) in [5.41, 5.74) is -1.16. The van der Waals surface area contributed by atoms with Crippen LogP contribution in [-0.4, -0.2) is 39.9 Å². The van der Waals surface area contributed by atoms with Crippen LogP contribution in [0.15, 0.2) is 22.8 Å². The normalized spacial score (nSPS) is 23.2. The standard InChI is InChI=1S/C16H20N2O5/c19-13-8-11(9-18(13)10-12-4-3-7-23-12)14(20)17-16(15(21)22)5-1-2-6-16/h3-4,7,11H,1-2,5-6,8-10H2,(H,17,20)(H,21,22). The molecule has 1 aliphatic heterocycles. The Hall–Kier alpha value is -2.31. The van der Waals surface area contributed by atoms with Gasteiger partial charge in [0, 0.05) is 13.0 Å². The molecule has 1 aromatic rings. The second kappa shape index (κ2) is 6.06. The summed E-state index contributed by atoms with van der Waals surface area (Å²) in [6.07, 6.45) is 4.14. The van der Waals surface area contributed by atoms with E-state index < -0.39 is 17.4 Å². The smallest absolute Gasteiger partial charge is 0.329 e. The molecule has 3 rings (SSSR count). The molecule has 1 unspecified atom stereocenters. The first kappa shape index (κ1) is 15.6. The summed E-state index contributed by atoms with van der Waals surface area (Å²) < 4.78 is 5.22. The molecule has 2 fully saturated rings. The van der Waals surface area contributed by atoms with Crippen LogP contribution in [0.4, 0.5) is 0 Å². The van der Waals surface area contributed by atoms with Crippen molar-refractivity contribution in [2.45, 2.75) is 44.2 Å². The van der Waals surface area contributed by atoms with Gasteiger partial charge in [-0.05, 0) is 25.0 Å². The number of furan rings is 1. The van der Waals surface area contributed by atoms with E-state index in [1.807, 2.05) is 0 Å². The molecule has 1 aromatic heterocycles. The van der Waals surface area contributed by atoms with Crippen molar-refractivity contribution in [3.8, 4) is 0 Å². The van der Waals surface area contributed by atoms with Crippen LogP contribution in [0, 0.1) is 5.92 Å². The fourth-order valence-electron chi connectivity index (χ4n) is 3.40. The zero-order valence-electron chi connectivity index (χ0n) is 12.8. The zero-order chi connectivity index (χ0) is 16.4. The first-order chi connectivity index (χ1) is 11.0. The van der Waals surface area contributed by atoms with Crippen molar-refractivity contribution < 1.29 is 23.9 Å². The van der Waals surface area contributed by atoms with Gasteiger partial charge in [-0.2, -0.15) is 0 Å². The molecule has 7 nitrogen and oxygen atoms in total. The summed E-state index contributed by atoms with van der Waals surface area (Å²) in [6.45, 7) is 0.626. The van der Waals surface area contributed by atoms with Crippen LogP contribution in [0.2, 0.25) is 0 Å². The van der Waals surface area contributed by atoms with Gasteiger partial charge in [0.15, 0.2) is 0 Å². The van der Waals surface area contributed by atoms with Crippen LogP contribution in [0.3, 0.4) is 0 Å². The number of carboxylic acids is 1. The lowest BCUT2D eigenvalue weighted by molar-refractivity contribution is -0.148. The number of hydrogen-bond acceptors (Lipinski definition) is 4. The molecule has 124 valence electrons. The topological polar surface area (TPSA) is 99.8 Å². The Labute approximate surface area is 133 Å². The summed E-state index contributed by atoms with van der Waals surface area (Å²) in [4.78, 5) is 37.6. The monoisotopic (exact) mass is 320 g/mol. The number of carbonyl (C=O) groups is 3. The molecule has 1 saturated carbocycles. The summed E-state index contributed by atoms with van der Waals surface area (Å²) >= 11 is 0. The second-order valence-electron chi connectivity index (χ2n) is 6.34. The van der Waals surface area contributed by atoms with Gasteiger partial charge in [0.2, 0.25) is 11.8 Å². The second-order valence-corrected chi connectivity index (χ2v) is 6.34. The number of aliphatic carboxylic acids is 1. The molecule has 1 atom stereocenters. The van der Waals surface area contributed by atoms with Gasteiger partial charge in [-0.25, -0.2) is 4.79 Å². The van der Waals surface area contributed by atoms with Crippen LogP contribution in [-0.2, 0) is 20.9 Å². The highest BCUT2D eigenvalue weighted by molar-refractivity contribution is 5.92. The Kier molecular flexibility index (Phi) is 4.11. The maximum atomic E-state index is 12.4. The first-order valence-electron chi connectivity index (χ1n) is 7.86. The van der Waals surface area contributed by atoms with Gasteiger partial charge in [0.05, 0.1) is 18.7 Å². The Morgan fingerprint density at radius 1 is 1.39 bits per heavy atom. The van der Waals surface area contributed by atoms with E-state index in [0.29, 0.717) is 31.7 Å². The van der Waals surface area contributed by atoms with Crippen molar-refractivity contribution in [2.75, 3.05) is 6.54 Å².